The number of esters is 3. The molecule has 0 unspecified atom stereocenters. The lowest BCUT2D eigenvalue weighted by atomic mass is 9.99. The second-order valence-electron chi connectivity index (χ2n) is 5.19. The summed E-state index contributed by atoms with van der Waals surface area (Å²) >= 11 is 0. The van der Waals surface area contributed by atoms with Gasteiger partial charge in [-0.3, -0.25) is 18.9 Å². The van der Waals surface area contributed by atoms with E-state index in [2.05, 4.69) is 4.74 Å². The van der Waals surface area contributed by atoms with Crippen LogP contribution in [0.1, 0.15) is 27.7 Å². The minimum Gasteiger partial charge on any atom is -0.455 e. The lowest BCUT2D eigenvalue weighted by Gasteiger charge is -2.48. The van der Waals surface area contributed by atoms with Gasteiger partial charge in [-0.15, -0.1) is 0 Å². The molecule has 1 saturated heterocycles. The largest absolute Gasteiger partial charge is 0.455 e. The van der Waals surface area contributed by atoms with Gasteiger partial charge in [0.2, 0.25) is 6.10 Å². The van der Waals surface area contributed by atoms with Gasteiger partial charge in [0.25, 0.3) is 0 Å². The minimum absolute atomic E-state index is 0.849. The molecule has 1 heterocycles. The van der Waals surface area contributed by atoms with Crippen LogP contribution >= 0.6 is 7.60 Å². The number of hydrogen-bond donors (Lipinski definition) is 3. The van der Waals surface area contributed by atoms with Crippen molar-refractivity contribution >= 4 is 25.5 Å². The molecule has 11 nitrogen and oxygen atoms in total. The maximum Gasteiger partial charge on any atom is 0.401 e. The number of rotatable bonds is 4. The number of carbonyl (C=O) groups excluding carboxylic acids is 3. The van der Waals surface area contributed by atoms with Crippen LogP contribution in [0.15, 0.2) is 0 Å². The Labute approximate surface area is 137 Å². The first kappa shape index (κ1) is 20.5. The molecular weight excluding hydrogens is 351 g/mol. The van der Waals surface area contributed by atoms with Gasteiger partial charge in [0.15, 0.2) is 6.10 Å². The van der Waals surface area contributed by atoms with Gasteiger partial charge in [-0.05, 0) is 6.92 Å². The molecule has 1 fully saturated rings. The molecule has 0 bridgehead atoms. The summed E-state index contributed by atoms with van der Waals surface area (Å²) in [5, 5.41) is 10.1. The highest BCUT2D eigenvalue weighted by atomic mass is 31.2. The Morgan fingerprint density at radius 3 is 1.92 bits per heavy atom. The first-order valence-corrected chi connectivity index (χ1v) is 8.38. The summed E-state index contributed by atoms with van der Waals surface area (Å²) in [4.78, 5) is 53.3. The standard InChI is InChI=1S/C12H19O11P/c1-5-9(16)10(20-6(2)13)11(21-7(3)14)12(22-5,23-8(4)15)24(17,18)19/h5,9-11,16H,1-4H3,(H2,17,18,19)/t5-,9+,10+,11-,12-/m1/s1. The molecule has 3 N–H and O–H groups in total. The third kappa shape index (κ3) is 4.11. The summed E-state index contributed by atoms with van der Waals surface area (Å²) < 4.78 is 31.4. The van der Waals surface area contributed by atoms with E-state index in [-0.39, 0.29) is 0 Å². The summed E-state index contributed by atoms with van der Waals surface area (Å²) in [6.07, 6.45) is -6.75. The Morgan fingerprint density at radius 2 is 1.54 bits per heavy atom. The van der Waals surface area contributed by atoms with Crippen LogP contribution in [0.25, 0.3) is 0 Å². The lowest BCUT2D eigenvalue weighted by Crippen LogP contribution is -2.66. The van der Waals surface area contributed by atoms with Crippen LogP contribution < -0.4 is 0 Å². The lowest BCUT2D eigenvalue weighted by molar-refractivity contribution is -0.316. The summed E-state index contributed by atoms with van der Waals surface area (Å²) in [7, 11) is -5.43. The molecule has 24 heavy (non-hydrogen) atoms. The number of hydrogen-bond acceptors (Lipinski definition) is 9. The molecule has 1 aliphatic rings. The maximum atomic E-state index is 12.0. The average Bonchev–Trinajstić information content (AvgIpc) is 2.37. The second-order valence-corrected chi connectivity index (χ2v) is 6.90. The topological polar surface area (TPSA) is 166 Å². The Morgan fingerprint density at radius 1 is 1.04 bits per heavy atom. The van der Waals surface area contributed by atoms with E-state index in [1.54, 1.807) is 0 Å². The number of aliphatic hydroxyl groups is 1. The Kier molecular flexibility index (Phi) is 6.12. The Balaban J connectivity index is 3.54. The molecule has 1 rings (SSSR count). The molecule has 0 aromatic carbocycles. The van der Waals surface area contributed by atoms with Crippen LogP contribution in [0.2, 0.25) is 0 Å². The molecule has 0 spiro atoms. The van der Waals surface area contributed by atoms with Crippen molar-refractivity contribution in [1.82, 2.24) is 0 Å². The minimum atomic E-state index is -5.43. The predicted molar refractivity (Wildman–Crippen MR) is 74.2 cm³/mol. The first-order valence-electron chi connectivity index (χ1n) is 6.77. The zero-order valence-corrected chi connectivity index (χ0v) is 14.3. The van der Waals surface area contributed by atoms with Crippen LogP contribution in [0.4, 0.5) is 0 Å². The normalized spacial score (nSPS) is 33.5. The predicted octanol–water partition coefficient (Wildman–Crippen LogP) is -0.976. The molecule has 0 saturated carbocycles. The Hall–Kier alpha value is -1.52. The highest BCUT2D eigenvalue weighted by Crippen LogP contribution is 2.58. The van der Waals surface area contributed by atoms with E-state index >= 15 is 0 Å². The number of aliphatic hydroxyl groups excluding tert-OH is 1. The molecule has 12 heteroatoms. The third-order valence-corrected chi connectivity index (χ3v) is 4.38. The molecule has 0 aliphatic carbocycles. The van der Waals surface area contributed by atoms with E-state index in [0.717, 1.165) is 20.8 Å². The fraction of sp³-hybridized carbons (Fsp3) is 0.750. The molecule has 0 aromatic heterocycles. The molecule has 138 valence electrons. The van der Waals surface area contributed by atoms with Crippen molar-refractivity contribution in [2.75, 3.05) is 0 Å². The fourth-order valence-electron chi connectivity index (χ4n) is 2.28. The van der Waals surface area contributed by atoms with Crippen molar-refractivity contribution in [3.05, 3.63) is 0 Å². The van der Waals surface area contributed by atoms with Crippen LogP contribution in [0.3, 0.4) is 0 Å². The van der Waals surface area contributed by atoms with Gasteiger partial charge in [0.1, 0.15) is 6.10 Å². The smallest absolute Gasteiger partial charge is 0.401 e. The monoisotopic (exact) mass is 370 g/mol. The quantitative estimate of drug-likeness (QED) is 0.316. The molecular formula is C12H19O11P. The van der Waals surface area contributed by atoms with Gasteiger partial charge in [-0.1, -0.05) is 0 Å². The molecule has 0 amide bonds. The molecule has 5 atom stereocenters. The van der Waals surface area contributed by atoms with Gasteiger partial charge in [-0.25, -0.2) is 0 Å². The van der Waals surface area contributed by atoms with Crippen molar-refractivity contribution < 1.29 is 52.8 Å². The van der Waals surface area contributed by atoms with Crippen molar-refractivity contribution in [2.24, 2.45) is 0 Å². The van der Waals surface area contributed by atoms with Crippen molar-refractivity contribution in [2.45, 2.75) is 57.6 Å². The molecule has 0 aromatic rings. The highest BCUT2D eigenvalue weighted by molar-refractivity contribution is 7.53. The average molecular weight is 370 g/mol. The van der Waals surface area contributed by atoms with E-state index < -0.39 is 55.4 Å². The van der Waals surface area contributed by atoms with Crippen LogP contribution in [0, 0.1) is 0 Å². The van der Waals surface area contributed by atoms with Gasteiger partial charge in [0.05, 0.1) is 6.10 Å². The SMILES string of the molecule is CC(=O)O[C@H]1[C@@H](O)[C@@H](C)O[C@](OC(C)=O)(P(=O)(O)O)[C@@H]1OC(C)=O. The maximum absolute atomic E-state index is 12.0. The van der Waals surface area contributed by atoms with Gasteiger partial charge >= 0.3 is 31.0 Å². The highest BCUT2D eigenvalue weighted by Gasteiger charge is 2.69. The van der Waals surface area contributed by atoms with Crippen molar-refractivity contribution in [3.8, 4) is 0 Å². The van der Waals surface area contributed by atoms with E-state index in [1.165, 1.54) is 6.92 Å². The van der Waals surface area contributed by atoms with Gasteiger partial charge in [-0.2, -0.15) is 0 Å². The van der Waals surface area contributed by atoms with Crippen molar-refractivity contribution in [3.63, 3.8) is 0 Å². The summed E-state index contributed by atoms with van der Waals surface area (Å²) in [6, 6.07) is 0. The van der Waals surface area contributed by atoms with Crippen LogP contribution in [0.5, 0.6) is 0 Å². The molecule has 0 radical (unpaired) electrons. The summed E-state index contributed by atoms with van der Waals surface area (Å²) in [6.45, 7) is 3.94. The van der Waals surface area contributed by atoms with Crippen molar-refractivity contribution in [1.29, 1.82) is 0 Å². The van der Waals surface area contributed by atoms with Crippen LogP contribution in [-0.2, 0) is 37.9 Å². The summed E-state index contributed by atoms with van der Waals surface area (Å²) in [5.74, 6) is -3.11. The van der Waals surface area contributed by atoms with E-state index in [0.29, 0.717) is 0 Å². The molecule has 1 aliphatic heterocycles. The number of ether oxygens (including phenoxy) is 4. The first-order chi connectivity index (χ1) is 10.8. The zero-order chi connectivity index (χ0) is 18.9. The van der Waals surface area contributed by atoms with E-state index in [9.17, 15) is 33.8 Å². The Bertz CT molecular complexity index is 569. The summed E-state index contributed by atoms with van der Waals surface area (Å²) in [5.41, 5.74) is -3.07. The van der Waals surface area contributed by atoms with E-state index in [1.807, 2.05) is 0 Å². The van der Waals surface area contributed by atoms with E-state index in [4.69, 9.17) is 14.2 Å². The van der Waals surface area contributed by atoms with Gasteiger partial charge < -0.3 is 33.8 Å². The van der Waals surface area contributed by atoms with Gasteiger partial charge in [0, 0.05) is 20.8 Å². The third-order valence-electron chi connectivity index (χ3n) is 3.12. The second kappa shape index (κ2) is 7.16. The fourth-order valence-corrected chi connectivity index (χ4v) is 3.36. The zero-order valence-electron chi connectivity index (χ0n) is 13.4. The number of carbonyl (C=O) groups is 3. The van der Waals surface area contributed by atoms with Crippen LogP contribution in [-0.4, -0.2) is 62.7 Å².